The van der Waals surface area contributed by atoms with Crippen molar-refractivity contribution in [2.24, 2.45) is 0 Å². The number of benzene rings is 1. The first-order chi connectivity index (χ1) is 14.9. The van der Waals surface area contributed by atoms with Gasteiger partial charge >= 0.3 is 0 Å². The fourth-order valence-electron chi connectivity index (χ4n) is 3.44. The molecular weight excluding hydrogens is 480 g/mol. The molecule has 1 fully saturated rings. The van der Waals surface area contributed by atoms with Crippen molar-refractivity contribution in [2.75, 3.05) is 25.5 Å². The number of carbonyl (C=O) groups excluding carboxylic acids is 1. The second-order valence-electron chi connectivity index (χ2n) is 7.87. The lowest BCUT2D eigenvalue weighted by Gasteiger charge is -2.23. The molecule has 1 aliphatic heterocycles. The highest BCUT2D eigenvalue weighted by Gasteiger charge is 2.37. The van der Waals surface area contributed by atoms with Crippen LogP contribution in [-0.2, 0) is 14.8 Å². The van der Waals surface area contributed by atoms with Gasteiger partial charge in [-0.05, 0) is 69.8 Å². The zero-order valence-corrected chi connectivity index (χ0v) is 20.4. The van der Waals surface area contributed by atoms with E-state index in [4.69, 9.17) is 11.6 Å². The predicted molar refractivity (Wildman–Crippen MR) is 124 cm³/mol. The number of carbonyl (C=O) groups is 1. The molecule has 2 aromatic rings. The van der Waals surface area contributed by atoms with Crippen LogP contribution in [0.1, 0.15) is 36.8 Å². The average molecular weight is 504 g/mol. The summed E-state index contributed by atoms with van der Waals surface area (Å²) in [6.07, 6.45) is 0.0878. The summed E-state index contributed by atoms with van der Waals surface area (Å²) in [6, 6.07) is 4.41. The number of thiophene rings is 1. The first-order valence-electron chi connectivity index (χ1n) is 9.82. The molecular formula is C21H24ClF2N3O3S2. The minimum Gasteiger partial charge on any atom is -0.306 e. The maximum Gasteiger partial charge on any atom is 0.245 e. The highest BCUT2D eigenvalue weighted by Crippen LogP contribution is 2.32. The van der Waals surface area contributed by atoms with E-state index in [0.29, 0.717) is 20.4 Å². The summed E-state index contributed by atoms with van der Waals surface area (Å²) < 4.78 is 57.5. The van der Waals surface area contributed by atoms with E-state index in [2.05, 4.69) is 4.72 Å². The van der Waals surface area contributed by atoms with Gasteiger partial charge in [-0.3, -0.25) is 4.79 Å². The van der Waals surface area contributed by atoms with E-state index in [1.165, 1.54) is 23.5 Å². The number of rotatable bonds is 7. The van der Waals surface area contributed by atoms with E-state index < -0.39 is 39.3 Å². The molecule has 0 bridgehead atoms. The Kier molecular flexibility index (Phi) is 7.41. The number of allylic oxidation sites excluding steroid dienone is 1. The van der Waals surface area contributed by atoms with E-state index in [0.717, 1.165) is 10.3 Å². The maximum absolute atomic E-state index is 14.8. The van der Waals surface area contributed by atoms with Crippen LogP contribution in [0.15, 0.2) is 29.7 Å². The molecule has 11 heteroatoms. The summed E-state index contributed by atoms with van der Waals surface area (Å²) in [5.74, 6) is -2.43. The second-order valence-corrected chi connectivity index (χ2v) is 11.1. The first kappa shape index (κ1) is 24.8. The van der Waals surface area contributed by atoms with Gasteiger partial charge in [-0.2, -0.15) is 4.72 Å². The Morgan fingerprint density at radius 3 is 2.47 bits per heavy atom. The van der Waals surface area contributed by atoms with Gasteiger partial charge in [0.15, 0.2) is 0 Å². The van der Waals surface area contributed by atoms with Crippen molar-refractivity contribution in [3.63, 3.8) is 0 Å². The molecule has 1 aromatic carbocycles. The first-order valence-corrected chi connectivity index (χ1v) is 12.6. The van der Waals surface area contributed by atoms with Crippen molar-refractivity contribution in [1.82, 2.24) is 9.62 Å². The molecule has 0 spiro atoms. The molecule has 0 radical (unpaired) electrons. The molecule has 1 amide bonds. The van der Waals surface area contributed by atoms with Crippen LogP contribution in [0.5, 0.6) is 0 Å². The normalized spacial score (nSPS) is 18.6. The number of anilines is 1. The minimum absolute atomic E-state index is 0.00826. The lowest BCUT2D eigenvalue weighted by atomic mass is 10.1. The van der Waals surface area contributed by atoms with Crippen LogP contribution in [0.2, 0.25) is 4.34 Å². The Bertz CT molecular complexity index is 1140. The summed E-state index contributed by atoms with van der Waals surface area (Å²) >= 11 is 7.12. The number of hydrogen-bond acceptors (Lipinski definition) is 5. The van der Waals surface area contributed by atoms with Crippen molar-refractivity contribution in [1.29, 1.82) is 0 Å². The van der Waals surface area contributed by atoms with Gasteiger partial charge in [0.1, 0.15) is 23.4 Å². The van der Waals surface area contributed by atoms with E-state index >= 15 is 0 Å². The fourth-order valence-corrected chi connectivity index (χ4v) is 5.81. The van der Waals surface area contributed by atoms with Crippen LogP contribution in [-0.4, -0.2) is 45.9 Å². The summed E-state index contributed by atoms with van der Waals surface area (Å²) in [6.45, 7) is 3.41. The number of sulfonamides is 1. The number of amides is 1. The van der Waals surface area contributed by atoms with E-state index in [-0.39, 0.29) is 19.0 Å². The van der Waals surface area contributed by atoms with Crippen LogP contribution in [0, 0.1) is 11.6 Å². The van der Waals surface area contributed by atoms with Gasteiger partial charge < -0.3 is 9.80 Å². The zero-order chi connectivity index (χ0) is 23.8. The van der Waals surface area contributed by atoms with Gasteiger partial charge in [-0.15, -0.1) is 11.3 Å². The van der Waals surface area contributed by atoms with Crippen LogP contribution < -0.4 is 9.62 Å². The number of halogens is 3. The number of nitrogens with one attached hydrogen (secondary N) is 1. The largest absolute Gasteiger partial charge is 0.306 e. The maximum atomic E-state index is 14.8. The minimum atomic E-state index is -3.98. The lowest BCUT2D eigenvalue weighted by Crippen LogP contribution is -2.41. The standard InChI is InChI=1S/C21H24ClF2N3O3S2/c1-12(18-5-6-19(22)31-18)11-32(29,30)25-17-7-8-27(21(17)28)20-15(23)9-14(10-16(20)24)13(2)26(3)4/h5-6,9-11,13,17,25H,7-8H2,1-4H3. The summed E-state index contributed by atoms with van der Waals surface area (Å²) in [7, 11) is -0.398. The van der Waals surface area contributed by atoms with Crippen LogP contribution in [0.4, 0.5) is 14.5 Å². The van der Waals surface area contributed by atoms with Crippen molar-refractivity contribution in [3.8, 4) is 0 Å². The molecule has 6 nitrogen and oxygen atoms in total. The topological polar surface area (TPSA) is 69.7 Å². The summed E-state index contributed by atoms with van der Waals surface area (Å²) in [5.41, 5.74) is 0.428. The summed E-state index contributed by atoms with van der Waals surface area (Å²) in [5, 5.41) is 1.02. The van der Waals surface area contributed by atoms with Gasteiger partial charge in [0, 0.05) is 17.5 Å². The molecule has 1 aliphatic rings. The zero-order valence-electron chi connectivity index (χ0n) is 18.0. The molecule has 2 heterocycles. The van der Waals surface area contributed by atoms with E-state index in [1.54, 1.807) is 45.0 Å². The van der Waals surface area contributed by atoms with Gasteiger partial charge in [0.05, 0.1) is 9.74 Å². The molecule has 0 saturated carbocycles. The van der Waals surface area contributed by atoms with Gasteiger partial charge in [-0.1, -0.05) is 11.6 Å². The fraction of sp³-hybridized carbons (Fsp3) is 0.381. The SMILES string of the molecule is CC(=CS(=O)(=O)NC1CCN(c2c(F)cc(C(C)N(C)C)cc2F)C1=O)c1ccc(Cl)s1. The number of hydrogen-bond donors (Lipinski definition) is 1. The highest BCUT2D eigenvalue weighted by atomic mass is 35.5. The van der Waals surface area contributed by atoms with Gasteiger partial charge in [-0.25, -0.2) is 17.2 Å². The van der Waals surface area contributed by atoms with Crippen LogP contribution >= 0.6 is 22.9 Å². The third-order valence-corrected chi connectivity index (χ3v) is 8.02. The Morgan fingerprint density at radius 2 is 1.94 bits per heavy atom. The van der Waals surface area contributed by atoms with Gasteiger partial charge in [0.2, 0.25) is 15.9 Å². The molecule has 32 heavy (non-hydrogen) atoms. The Labute approximate surface area is 195 Å². The molecule has 3 rings (SSSR count). The van der Waals surface area contributed by atoms with Crippen molar-refractivity contribution in [2.45, 2.75) is 32.4 Å². The third-order valence-electron chi connectivity index (χ3n) is 5.37. The quantitative estimate of drug-likeness (QED) is 0.608. The predicted octanol–water partition coefficient (Wildman–Crippen LogP) is 4.39. The second kappa shape index (κ2) is 9.56. The monoisotopic (exact) mass is 503 g/mol. The third kappa shape index (κ3) is 5.37. The highest BCUT2D eigenvalue weighted by molar-refractivity contribution is 7.92. The number of nitrogens with zero attached hydrogens (tertiary/aromatic N) is 2. The van der Waals surface area contributed by atoms with E-state index in [1.807, 2.05) is 0 Å². The van der Waals surface area contributed by atoms with Crippen LogP contribution in [0.25, 0.3) is 5.57 Å². The average Bonchev–Trinajstić information content (AvgIpc) is 3.27. The van der Waals surface area contributed by atoms with Crippen molar-refractivity contribution in [3.05, 3.63) is 56.1 Å². The Hall–Kier alpha value is -1.85. The van der Waals surface area contributed by atoms with Crippen molar-refractivity contribution < 1.29 is 22.0 Å². The molecule has 0 aliphatic carbocycles. The van der Waals surface area contributed by atoms with Gasteiger partial charge in [0.25, 0.3) is 0 Å². The lowest BCUT2D eigenvalue weighted by molar-refractivity contribution is -0.118. The van der Waals surface area contributed by atoms with Crippen LogP contribution in [0.3, 0.4) is 0 Å². The molecule has 2 unspecified atom stereocenters. The summed E-state index contributed by atoms with van der Waals surface area (Å²) in [4.78, 5) is 16.2. The molecule has 1 N–H and O–H groups in total. The molecule has 2 atom stereocenters. The van der Waals surface area contributed by atoms with Crippen molar-refractivity contribution >= 4 is 50.1 Å². The smallest absolute Gasteiger partial charge is 0.245 e. The Balaban J connectivity index is 1.79. The Morgan fingerprint density at radius 1 is 1.31 bits per heavy atom. The molecule has 174 valence electrons. The molecule has 1 saturated heterocycles. The van der Waals surface area contributed by atoms with E-state index in [9.17, 15) is 22.0 Å². The molecule has 1 aromatic heterocycles.